The Morgan fingerprint density at radius 3 is 2.30 bits per heavy atom. The van der Waals surface area contributed by atoms with E-state index in [0.717, 1.165) is 10.6 Å². The Bertz CT molecular complexity index is 854. The number of rotatable bonds is 10. The number of benzene rings is 1. The average Bonchev–Trinajstić information content (AvgIpc) is 3.22. The number of aliphatic hydroxyl groups excluding tert-OH is 4. The first kappa shape index (κ1) is 26.0. The van der Waals surface area contributed by atoms with Crippen molar-refractivity contribution in [3.05, 3.63) is 41.2 Å². The molecular formula is C22H29F3N2O5S. The normalized spacial score (nSPS) is 24.7. The lowest BCUT2D eigenvalue weighted by Gasteiger charge is -2.25. The third kappa shape index (κ3) is 7.71. The van der Waals surface area contributed by atoms with Crippen LogP contribution in [0.3, 0.4) is 0 Å². The van der Waals surface area contributed by atoms with Crippen LogP contribution in [0.2, 0.25) is 0 Å². The third-order valence-electron chi connectivity index (χ3n) is 5.55. The van der Waals surface area contributed by atoms with Crippen LogP contribution in [0.1, 0.15) is 25.0 Å². The Hall–Kier alpha value is -1.60. The van der Waals surface area contributed by atoms with E-state index < -0.39 is 36.8 Å². The molecule has 0 bridgehead atoms. The van der Waals surface area contributed by atoms with Crippen LogP contribution in [0.15, 0.2) is 29.6 Å². The third-order valence-corrected chi connectivity index (χ3v) is 6.49. The zero-order valence-electron chi connectivity index (χ0n) is 18.0. The predicted octanol–water partition coefficient (Wildman–Crippen LogP) is 2.03. The molecule has 0 aliphatic carbocycles. The molecule has 4 atom stereocenters. The van der Waals surface area contributed by atoms with E-state index in [2.05, 4.69) is 4.98 Å². The first-order valence-electron chi connectivity index (χ1n) is 10.8. The minimum Gasteiger partial charge on any atom is -0.389 e. The van der Waals surface area contributed by atoms with Crippen LogP contribution in [0.5, 0.6) is 0 Å². The summed E-state index contributed by atoms with van der Waals surface area (Å²) in [7, 11) is 0. The molecule has 1 aromatic heterocycles. The minimum atomic E-state index is -2.96. The van der Waals surface area contributed by atoms with E-state index in [1.807, 2.05) is 5.38 Å². The Labute approximate surface area is 194 Å². The molecule has 2 aromatic rings. The van der Waals surface area contributed by atoms with Gasteiger partial charge in [-0.05, 0) is 30.7 Å². The number of hydrogen-bond acceptors (Lipinski definition) is 8. The van der Waals surface area contributed by atoms with Crippen LogP contribution in [0, 0.1) is 5.82 Å². The van der Waals surface area contributed by atoms with Gasteiger partial charge in [0.2, 0.25) is 5.92 Å². The summed E-state index contributed by atoms with van der Waals surface area (Å²) in [4.78, 5) is 5.83. The highest BCUT2D eigenvalue weighted by Gasteiger charge is 2.37. The highest BCUT2D eigenvalue weighted by atomic mass is 32.1. The number of hydrogen-bond donors (Lipinski definition) is 4. The maximum Gasteiger partial charge on any atom is 0.249 e. The summed E-state index contributed by atoms with van der Waals surface area (Å²) in [6.07, 6.45) is -6.41. The van der Waals surface area contributed by atoms with Crippen molar-refractivity contribution in [3.63, 3.8) is 0 Å². The quantitative estimate of drug-likeness (QED) is 0.378. The van der Waals surface area contributed by atoms with Crippen molar-refractivity contribution in [2.24, 2.45) is 0 Å². The van der Waals surface area contributed by atoms with Crippen LogP contribution < -0.4 is 0 Å². The van der Waals surface area contributed by atoms with Crippen LogP contribution in [-0.2, 0) is 11.3 Å². The summed E-state index contributed by atoms with van der Waals surface area (Å²) < 4.78 is 47.0. The molecule has 1 fully saturated rings. The summed E-state index contributed by atoms with van der Waals surface area (Å²) in [5.41, 5.74) is 1.47. The van der Waals surface area contributed by atoms with Gasteiger partial charge in [0.15, 0.2) is 0 Å². The SMILES string of the molecule is O[C@H]1[C@H](O)[C@@H](O)CN(CCC(F)(F)CCCOCc2csc(-c3ccc(F)cc3)n2)C[C@@H]1O. The van der Waals surface area contributed by atoms with Crippen LogP contribution in [0.4, 0.5) is 13.2 Å². The topological polar surface area (TPSA) is 106 Å². The molecule has 0 saturated carbocycles. The van der Waals surface area contributed by atoms with Crippen molar-refractivity contribution in [2.75, 3.05) is 26.2 Å². The van der Waals surface area contributed by atoms with Crippen molar-refractivity contribution in [3.8, 4) is 10.6 Å². The maximum atomic E-state index is 14.3. The van der Waals surface area contributed by atoms with Gasteiger partial charge in [0.1, 0.15) is 23.0 Å². The molecule has 4 N–H and O–H groups in total. The molecule has 7 nitrogen and oxygen atoms in total. The zero-order chi connectivity index (χ0) is 24.0. The smallest absolute Gasteiger partial charge is 0.249 e. The summed E-state index contributed by atoms with van der Waals surface area (Å²) in [5, 5.41) is 41.6. The van der Waals surface area contributed by atoms with Gasteiger partial charge in [0, 0.05) is 50.0 Å². The van der Waals surface area contributed by atoms with Crippen LogP contribution in [0.25, 0.3) is 10.6 Å². The molecule has 0 radical (unpaired) electrons. The minimum absolute atomic E-state index is 0.0909. The number of likely N-dealkylation sites (tertiary alicyclic amines) is 1. The van der Waals surface area contributed by atoms with Gasteiger partial charge in [0.25, 0.3) is 0 Å². The second-order valence-electron chi connectivity index (χ2n) is 8.29. The number of aromatic nitrogens is 1. The summed E-state index contributed by atoms with van der Waals surface area (Å²) in [6, 6.07) is 5.99. The Morgan fingerprint density at radius 1 is 1.03 bits per heavy atom. The van der Waals surface area contributed by atoms with Crippen molar-refractivity contribution >= 4 is 11.3 Å². The molecule has 1 aliphatic rings. The Balaban J connectivity index is 1.36. The van der Waals surface area contributed by atoms with E-state index in [1.54, 1.807) is 12.1 Å². The lowest BCUT2D eigenvalue weighted by Crippen LogP contribution is -2.43. The number of halogens is 3. The van der Waals surface area contributed by atoms with Crippen molar-refractivity contribution < 1.29 is 38.3 Å². The maximum absolute atomic E-state index is 14.3. The predicted molar refractivity (Wildman–Crippen MR) is 116 cm³/mol. The highest BCUT2D eigenvalue weighted by Crippen LogP contribution is 2.27. The van der Waals surface area contributed by atoms with Gasteiger partial charge < -0.3 is 25.2 Å². The van der Waals surface area contributed by atoms with E-state index in [4.69, 9.17) is 4.74 Å². The molecular weight excluding hydrogens is 461 g/mol. The highest BCUT2D eigenvalue weighted by molar-refractivity contribution is 7.13. The second kappa shape index (κ2) is 11.7. The monoisotopic (exact) mass is 490 g/mol. The summed E-state index contributed by atoms with van der Waals surface area (Å²) in [5.74, 6) is -3.28. The molecule has 184 valence electrons. The second-order valence-corrected chi connectivity index (χ2v) is 9.15. The van der Waals surface area contributed by atoms with Gasteiger partial charge >= 0.3 is 0 Å². The van der Waals surface area contributed by atoms with Crippen LogP contribution in [-0.4, -0.2) is 86.9 Å². The van der Waals surface area contributed by atoms with E-state index in [0.29, 0.717) is 5.69 Å². The fourth-order valence-corrected chi connectivity index (χ4v) is 4.42. The number of β-amino-alcohol motifs (C(OH)–C–C–N with tert-alkyl or cyclic N) is 2. The number of thiazole rings is 1. The molecule has 3 rings (SSSR count). The number of ether oxygens (including phenoxy) is 1. The van der Waals surface area contributed by atoms with E-state index in [1.165, 1.54) is 28.4 Å². The van der Waals surface area contributed by atoms with E-state index in [9.17, 15) is 33.6 Å². The molecule has 0 amide bonds. The number of aliphatic hydroxyl groups is 4. The van der Waals surface area contributed by atoms with Crippen molar-refractivity contribution in [2.45, 2.75) is 56.2 Å². The number of nitrogens with zero attached hydrogens (tertiary/aromatic N) is 2. The molecule has 1 saturated heterocycles. The Kier molecular flexibility index (Phi) is 9.22. The standard InChI is InChI=1S/C22H29F3N2O5S/c23-15-4-2-14(3-5-15)21-26-16(13-33-21)12-32-9-1-6-22(24,25)7-8-27-10-17(28)19(30)20(31)18(29)11-27/h2-5,13,17-20,28-31H,1,6-12H2/t17-,18-,19+,20+/m0/s1. The first-order chi connectivity index (χ1) is 15.6. The first-order valence-corrected chi connectivity index (χ1v) is 11.6. The van der Waals surface area contributed by atoms with Gasteiger partial charge in [0.05, 0.1) is 24.5 Å². The lowest BCUT2D eigenvalue weighted by molar-refractivity contribution is -0.0894. The summed E-state index contributed by atoms with van der Waals surface area (Å²) in [6.45, 7) is 0.0203. The largest absolute Gasteiger partial charge is 0.389 e. The van der Waals surface area contributed by atoms with Gasteiger partial charge in [-0.2, -0.15) is 0 Å². The average molecular weight is 491 g/mol. The number of alkyl halides is 2. The molecule has 2 heterocycles. The van der Waals surface area contributed by atoms with E-state index in [-0.39, 0.29) is 51.5 Å². The molecule has 1 aromatic carbocycles. The van der Waals surface area contributed by atoms with E-state index >= 15 is 0 Å². The lowest BCUT2D eigenvalue weighted by atomic mass is 10.1. The molecule has 0 spiro atoms. The summed E-state index contributed by atoms with van der Waals surface area (Å²) >= 11 is 1.39. The van der Waals surface area contributed by atoms with Crippen molar-refractivity contribution in [1.82, 2.24) is 9.88 Å². The van der Waals surface area contributed by atoms with Crippen LogP contribution >= 0.6 is 11.3 Å². The Morgan fingerprint density at radius 2 is 1.67 bits per heavy atom. The zero-order valence-corrected chi connectivity index (χ0v) is 18.8. The van der Waals surface area contributed by atoms with Crippen molar-refractivity contribution in [1.29, 1.82) is 0 Å². The van der Waals surface area contributed by atoms with Gasteiger partial charge in [-0.25, -0.2) is 18.2 Å². The van der Waals surface area contributed by atoms with Gasteiger partial charge in [-0.3, -0.25) is 4.90 Å². The fraction of sp³-hybridized carbons (Fsp3) is 0.591. The molecule has 0 unspecified atom stereocenters. The van der Waals surface area contributed by atoms with Gasteiger partial charge in [-0.1, -0.05) is 0 Å². The molecule has 11 heteroatoms. The molecule has 1 aliphatic heterocycles. The van der Waals surface area contributed by atoms with Gasteiger partial charge in [-0.15, -0.1) is 11.3 Å². The fourth-order valence-electron chi connectivity index (χ4n) is 3.61. The molecule has 33 heavy (non-hydrogen) atoms.